The molecule has 0 atom stereocenters. The van der Waals surface area contributed by atoms with Gasteiger partial charge in [0.05, 0.1) is 10.6 Å². The van der Waals surface area contributed by atoms with Gasteiger partial charge in [-0.05, 0) is 31.4 Å². The molecule has 0 aliphatic carbocycles. The quantitative estimate of drug-likeness (QED) is 0.120. The largest absolute Gasteiger partial charge is 0.348 e. The molecule has 1 aromatic carbocycles. The van der Waals surface area contributed by atoms with Crippen LogP contribution in [0.15, 0.2) is 47.1 Å². The van der Waals surface area contributed by atoms with E-state index in [1.165, 1.54) is 64.2 Å². The highest BCUT2D eigenvalue weighted by molar-refractivity contribution is 7.17. The number of carbonyl (C=O) groups is 2. The van der Waals surface area contributed by atoms with Crippen LogP contribution in [0.3, 0.4) is 0 Å². The van der Waals surface area contributed by atoms with Gasteiger partial charge in [0, 0.05) is 24.2 Å². The number of benzene rings is 1. The van der Waals surface area contributed by atoms with Crippen molar-refractivity contribution < 1.29 is 9.59 Å². The third-order valence-electron chi connectivity index (χ3n) is 7.39. The third-order valence-corrected chi connectivity index (χ3v) is 8.45. The molecular weight excluding hydrogens is 516 g/mol. The zero-order valence-corrected chi connectivity index (χ0v) is 25.2. The van der Waals surface area contributed by atoms with E-state index in [2.05, 4.69) is 24.1 Å². The molecule has 0 saturated heterocycles. The molecule has 2 amide bonds. The summed E-state index contributed by atoms with van der Waals surface area (Å²) in [6, 6.07) is 12.0. The van der Waals surface area contributed by atoms with E-state index in [1.54, 1.807) is 24.3 Å². The molecule has 1 aliphatic heterocycles. The second-order valence-electron chi connectivity index (χ2n) is 10.6. The Bertz CT molecular complexity index is 1210. The minimum absolute atomic E-state index is 0.0235. The Morgan fingerprint density at radius 3 is 2.02 bits per heavy atom. The van der Waals surface area contributed by atoms with Gasteiger partial charge in [-0.2, -0.15) is 5.26 Å². The molecule has 7 heteroatoms. The van der Waals surface area contributed by atoms with Gasteiger partial charge in [-0.1, -0.05) is 120 Å². The Hall–Kier alpha value is -3.24. The number of hydrogen-bond acceptors (Lipinski definition) is 6. The zero-order chi connectivity index (χ0) is 28.7. The van der Waals surface area contributed by atoms with E-state index in [-0.39, 0.29) is 5.57 Å². The average molecular weight is 561 g/mol. The Morgan fingerprint density at radius 2 is 1.45 bits per heavy atom. The van der Waals surface area contributed by atoms with Gasteiger partial charge in [0.1, 0.15) is 11.6 Å². The van der Waals surface area contributed by atoms with Crippen molar-refractivity contribution in [2.45, 2.75) is 97.8 Å². The van der Waals surface area contributed by atoms with Gasteiger partial charge in [-0.25, -0.2) is 4.98 Å². The standard InChI is InChI=1S/C33H44N4O2S/c1-4-6-8-10-12-17-21-37(22-18-13-11-9-7-5-2)33-35-30(26-19-15-14-16-20-26)29(40-33)23-27-25(3)28(24-34)32(39)36-31(27)38/h14-16,19-20,23H,4-13,17-18,21-22H2,1-3H3,(H,36,38,39)/b27-23-. The van der Waals surface area contributed by atoms with Gasteiger partial charge < -0.3 is 4.90 Å². The maximum Gasteiger partial charge on any atom is 0.269 e. The van der Waals surface area contributed by atoms with Crippen LogP contribution in [0.4, 0.5) is 5.13 Å². The first-order valence-corrected chi connectivity index (χ1v) is 15.8. The van der Waals surface area contributed by atoms with Crippen LogP contribution in [0.5, 0.6) is 0 Å². The molecule has 1 aliphatic rings. The number of aromatic nitrogens is 1. The molecule has 3 rings (SSSR count). The van der Waals surface area contributed by atoms with E-state index in [0.29, 0.717) is 11.1 Å². The maximum atomic E-state index is 12.8. The number of carbonyl (C=O) groups excluding carboxylic acids is 2. The summed E-state index contributed by atoms with van der Waals surface area (Å²) in [4.78, 5) is 33.3. The fourth-order valence-electron chi connectivity index (χ4n) is 4.97. The lowest BCUT2D eigenvalue weighted by molar-refractivity contribution is -0.126. The van der Waals surface area contributed by atoms with Crippen LogP contribution in [-0.4, -0.2) is 29.9 Å². The van der Waals surface area contributed by atoms with Crippen molar-refractivity contribution in [1.82, 2.24) is 10.3 Å². The predicted molar refractivity (Wildman–Crippen MR) is 166 cm³/mol. The molecular formula is C33H44N4O2S. The highest BCUT2D eigenvalue weighted by Gasteiger charge is 2.28. The monoisotopic (exact) mass is 560 g/mol. The van der Waals surface area contributed by atoms with E-state index < -0.39 is 11.8 Å². The van der Waals surface area contributed by atoms with Gasteiger partial charge in [0.25, 0.3) is 11.8 Å². The Labute approximate surface area is 244 Å². The molecule has 2 aromatic rings. The normalized spacial score (nSPS) is 14.5. The van der Waals surface area contributed by atoms with Crippen molar-refractivity contribution in [3.8, 4) is 17.3 Å². The first-order chi connectivity index (χ1) is 19.5. The van der Waals surface area contributed by atoms with Crippen molar-refractivity contribution in [1.29, 1.82) is 5.26 Å². The maximum absolute atomic E-state index is 12.8. The summed E-state index contributed by atoms with van der Waals surface area (Å²) in [5, 5.41) is 12.8. The van der Waals surface area contributed by atoms with Crippen molar-refractivity contribution >= 4 is 34.4 Å². The lowest BCUT2D eigenvalue weighted by Gasteiger charge is -2.22. The second kappa shape index (κ2) is 16.8. The highest BCUT2D eigenvalue weighted by atomic mass is 32.1. The van der Waals surface area contributed by atoms with Gasteiger partial charge in [-0.3, -0.25) is 14.9 Å². The summed E-state index contributed by atoms with van der Waals surface area (Å²) >= 11 is 1.58. The topological polar surface area (TPSA) is 86.1 Å². The first-order valence-electron chi connectivity index (χ1n) is 15.0. The van der Waals surface area contributed by atoms with Crippen LogP contribution >= 0.6 is 11.3 Å². The highest BCUT2D eigenvalue weighted by Crippen LogP contribution is 2.36. The smallest absolute Gasteiger partial charge is 0.269 e. The Morgan fingerprint density at radius 1 is 0.875 bits per heavy atom. The van der Waals surface area contributed by atoms with E-state index in [0.717, 1.165) is 47.2 Å². The molecule has 0 spiro atoms. The van der Waals surface area contributed by atoms with Crippen LogP contribution in [0, 0.1) is 11.3 Å². The number of unbranched alkanes of at least 4 members (excludes halogenated alkanes) is 10. The summed E-state index contributed by atoms with van der Waals surface area (Å²) in [6.45, 7) is 8.08. The molecule has 0 unspecified atom stereocenters. The second-order valence-corrected chi connectivity index (χ2v) is 11.6. The fourth-order valence-corrected chi connectivity index (χ4v) is 6.06. The SMILES string of the molecule is CCCCCCCCN(CCCCCCCC)c1nc(-c2ccccc2)c(/C=C2\C(=O)NC(=O)C(C#N)=C2C)s1. The van der Waals surface area contributed by atoms with Crippen LogP contribution in [0.2, 0.25) is 0 Å². The molecule has 0 bridgehead atoms. The van der Waals surface area contributed by atoms with Crippen LogP contribution < -0.4 is 10.2 Å². The fraction of sp³-hybridized carbons (Fsp3) is 0.515. The van der Waals surface area contributed by atoms with Crippen LogP contribution in [0.25, 0.3) is 17.3 Å². The van der Waals surface area contributed by atoms with Gasteiger partial charge in [-0.15, -0.1) is 0 Å². The lowest BCUT2D eigenvalue weighted by atomic mass is 9.96. The molecule has 0 radical (unpaired) electrons. The summed E-state index contributed by atoms with van der Waals surface area (Å²) in [5.41, 5.74) is 2.51. The average Bonchev–Trinajstić information content (AvgIpc) is 3.38. The van der Waals surface area contributed by atoms with Crippen LogP contribution in [0.1, 0.15) is 103 Å². The van der Waals surface area contributed by atoms with E-state index in [9.17, 15) is 14.9 Å². The molecule has 2 heterocycles. The Balaban J connectivity index is 1.92. The lowest BCUT2D eigenvalue weighted by Crippen LogP contribution is -2.37. The predicted octanol–water partition coefficient (Wildman–Crippen LogP) is 8.22. The van der Waals surface area contributed by atoms with Crippen molar-refractivity contribution in [2.24, 2.45) is 0 Å². The summed E-state index contributed by atoms with van der Waals surface area (Å²) < 4.78 is 0. The van der Waals surface area contributed by atoms with Gasteiger partial charge >= 0.3 is 0 Å². The number of nitrogens with zero attached hydrogens (tertiary/aromatic N) is 3. The van der Waals surface area contributed by atoms with E-state index in [4.69, 9.17) is 4.98 Å². The van der Waals surface area contributed by atoms with E-state index >= 15 is 0 Å². The van der Waals surface area contributed by atoms with Gasteiger partial charge in [0.15, 0.2) is 5.13 Å². The molecule has 1 N–H and O–H groups in total. The molecule has 40 heavy (non-hydrogen) atoms. The van der Waals surface area contributed by atoms with Gasteiger partial charge in [0.2, 0.25) is 0 Å². The molecule has 0 fully saturated rings. The summed E-state index contributed by atoms with van der Waals surface area (Å²) in [6.07, 6.45) is 16.7. The number of imide groups is 1. The van der Waals surface area contributed by atoms with Crippen LogP contribution in [-0.2, 0) is 9.59 Å². The minimum atomic E-state index is -0.639. The number of rotatable bonds is 17. The summed E-state index contributed by atoms with van der Waals surface area (Å²) in [5.74, 6) is -1.12. The number of nitriles is 1. The number of anilines is 1. The number of hydrogen-bond donors (Lipinski definition) is 1. The summed E-state index contributed by atoms with van der Waals surface area (Å²) in [7, 11) is 0. The molecule has 0 saturated carbocycles. The molecule has 1 aromatic heterocycles. The van der Waals surface area contributed by atoms with Crippen molar-refractivity contribution in [3.05, 3.63) is 51.9 Å². The molecule has 214 valence electrons. The van der Waals surface area contributed by atoms with Crippen molar-refractivity contribution in [2.75, 3.05) is 18.0 Å². The molecule has 6 nitrogen and oxygen atoms in total. The van der Waals surface area contributed by atoms with E-state index in [1.807, 2.05) is 36.4 Å². The van der Waals surface area contributed by atoms with Crippen molar-refractivity contribution in [3.63, 3.8) is 0 Å². The minimum Gasteiger partial charge on any atom is -0.348 e. The number of amides is 2. The number of nitrogens with one attached hydrogen (secondary N) is 1. The number of thiazole rings is 1. The third kappa shape index (κ3) is 8.89. The first kappa shape index (κ1) is 31.3. The zero-order valence-electron chi connectivity index (χ0n) is 24.4. The Kier molecular flexibility index (Phi) is 13.1.